The fourth-order valence-electron chi connectivity index (χ4n) is 3.68. The number of fused-ring (bicyclic) bond motifs is 3. The smallest absolute Gasteiger partial charge is 0.267 e. The molecule has 144 valence electrons. The molecule has 0 bridgehead atoms. The van der Waals surface area contributed by atoms with Gasteiger partial charge in [0.1, 0.15) is 0 Å². The average molecular weight is 392 g/mol. The van der Waals surface area contributed by atoms with Gasteiger partial charge in [0.05, 0.1) is 11.6 Å². The molecule has 6 nitrogen and oxygen atoms in total. The molecule has 0 atom stereocenters. The van der Waals surface area contributed by atoms with Gasteiger partial charge >= 0.3 is 0 Å². The van der Waals surface area contributed by atoms with E-state index in [-0.39, 0.29) is 11.3 Å². The van der Waals surface area contributed by atoms with Crippen molar-refractivity contribution < 1.29 is 4.79 Å². The number of hydrazone groups is 1. The highest BCUT2D eigenvalue weighted by atomic mass is 16.2. The minimum Gasteiger partial charge on any atom is -0.267 e. The first-order chi connectivity index (χ1) is 14.7. The summed E-state index contributed by atoms with van der Waals surface area (Å²) in [5, 5.41) is 15.6. The van der Waals surface area contributed by atoms with Gasteiger partial charge in [0, 0.05) is 10.9 Å². The van der Waals surface area contributed by atoms with Crippen molar-refractivity contribution in [1.82, 2.24) is 15.6 Å². The van der Waals surface area contributed by atoms with E-state index in [0.29, 0.717) is 10.8 Å². The number of nitrogens with zero attached hydrogens (tertiary/aromatic N) is 2. The van der Waals surface area contributed by atoms with Gasteiger partial charge in [-0.15, -0.1) is 0 Å². The van der Waals surface area contributed by atoms with Crippen LogP contribution in [0.4, 0.5) is 0 Å². The van der Waals surface area contributed by atoms with Crippen molar-refractivity contribution in [2.24, 2.45) is 5.10 Å². The van der Waals surface area contributed by atoms with Crippen LogP contribution in [0, 0.1) is 0 Å². The van der Waals surface area contributed by atoms with Crippen LogP contribution in [0.25, 0.3) is 32.3 Å². The van der Waals surface area contributed by atoms with Crippen molar-refractivity contribution in [2.45, 2.75) is 0 Å². The highest BCUT2D eigenvalue weighted by Gasteiger charge is 2.13. The molecule has 2 N–H and O–H groups in total. The van der Waals surface area contributed by atoms with E-state index < -0.39 is 5.91 Å². The van der Waals surface area contributed by atoms with Crippen molar-refractivity contribution in [2.75, 3.05) is 0 Å². The summed E-state index contributed by atoms with van der Waals surface area (Å²) in [6, 6.07) is 25.1. The molecule has 1 amide bonds. The Hall–Kier alpha value is -4.32. The van der Waals surface area contributed by atoms with E-state index in [9.17, 15) is 9.59 Å². The lowest BCUT2D eigenvalue weighted by atomic mass is 9.97. The topological polar surface area (TPSA) is 87.2 Å². The Morgan fingerprint density at radius 1 is 0.833 bits per heavy atom. The minimum atomic E-state index is -0.497. The summed E-state index contributed by atoms with van der Waals surface area (Å²) in [7, 11) is 0. The molecule has 30 heavy (non-hydrogen) atoms. The summed E-state index contributed by atoms with van der Waals surface area (Å²) in [6.07, 6.45) is 1.65. The summed E-state index contributed by atoms with van der Waals surface area (Å²) in [5.74, 6) is -0.497. The van der Waals surface area contributed by atoms with Crippen LogP contribution < -0.4 is 11.0 Å². The third kappa shape index (κ3) is 3.00. The summed E-state index contributed by atoms with van der Waals surface area (Å²) < 4.78 is 0. The Morgan fingerprint density at radius 3 is 2.07 bits per heavy atom. The molecule has 6 heteroatoms. The molecule has 0 aliphatic carbocycles. The number of carbonyl (C=O) groups is 1. The van der Waals surface area contributed by atoms with E-state index in [1.807, 2.05) is 48.5 Å². The molecule has 0 radical (unpaired) electrons. The molecule has 0 unspecified atom stereocenters. The molecule has 0 spiro atoms. The fraction of sp³-hybridized carbons (Fsp3) is 0. The van der Waals surface area contributed by atoms with E-state index in [2.05, 4.69) is 26.8 Å². The maximum atomic E-state index is 12.7. The number of rotatable bonds is 3. The first-order valence-electron chi connectivity index (χ1n) is 9.44. The molecule has 0 fully saturated rings. The number of aromatic nitrogens is 2. The first-order valence-corrected chi connectivity index (χ1v) is 9.44. The number of hydrogen-bond donors (Lipinski definition) is 2. The second-order valence-corrected chi connectivity index (χ2v) is 6.88. The van der Waals surface area contributed by atoms with Gasteiger partial charge in [0.25, 0.3) is 11.5 Å². The lowest BCUT2D eigenvalue weighted by Gasteiger charge is -2.08. The number of aromatic amines is 1. The van der Waals surface area contributed by atoms with E-state index in [1.165, 1.54) is 0 Å². The summed E-state index contributed by atoms with van der Waals surface area (Å²) in [5.41, 5.74) is 3.23. The van der Waals surface area contributed by atoms with Crippen molar-refractivity contribution >= 4 is 44.4 Å². The molecule has 5 rings (SSSR count). The number of nitrogens with one attached hydrogen (secondary N) is 2. The molecule has 1 aromatic heterocycles. The highest BCUT2D eigenvalue weighted by Crippen LogP contribution is 2.27. The maximum absolute atomic E-state index is 12.7. The Bertz CT molecular complexity index is 1460. The van der Waals surface area contributed by atoms with Gasteiger partial charge in [-0.3, -0.25) is 9.59 Å². The standard InChI is InChI=1S/C24H16N4O2/c29-23-20-12-6-5-11-19(20)22(26-28-23)24(30)27-25-14-21-17-9-3-1-7-15(17)13-16-8-2-4-10-18(16)21/h1-14H,(H,27,30)(H,28,29)/b25-14+. The van der Waals surface area contributed by atoms with Crippen LogP contribution in [-0.4, -0.2) is 22.3 Å². The zero-order chi connectivity index (χ0) is 20.5. The average Bonchev–Trinajstić information content (AvgIpc) is 2.79. The maximum Gasteiger partial charge on any atom is 0.292 e. The second kappa shape index (κ2) is 7.25. The van der Waals surface area contributed by atoms with Gasteiger partial charge in [-0.1, -0.05) is 66.7 Å². The molecule has 5 aromatic rings. The summed E-state index contributed by atoms with van der Waals surface area (Å²) in [4.78, 5) is 24.6. The number of H-pyrrole nitrogens is 1. The molecule has 0 aliphatic heterocycles. The van der Waals surface area contributed by atoms with Crippen LogP contribution in [0.2, 0.25) is 0 Å². The van der Waals surface area contributed by atoms with Gasteiger partial charge in [-0.2, -0.15) is 10.2 Å². The Kier molecular flexibility index (Phi) is 4.29. The Labute approximate surface area is 170 Å². The van der Waals surface area contributed by atoms with Gasteiger partial charge in [-0.05, 0) is 33.7 Å². The SMILES string of the molecule is O=C(N/N=C/c1c2ccccc2cc2ccccc12)c1n[nH]c(=O)c2ccccc12. The molecular formula is C24H16N4O2. The lowest BCUT2D eigenvalue weighted by Crippen LogP contribution is -2.22. The summed E-state index contributed by atoms with van der Waals surface area (Å²) >= 11 is 0. The van der Waals surface area contributed by atoms with Crippen LogP contribution in [0.3, 0.4) is 0 Å². The van der Waals surface area contributed by atoms with Crippen LogP contribution in [0.5, 0.6) is 0 Å². The van der Waals surface area contributed by atoms with E-state index in [0.717, 1.165) is 27.1 Å². The number of benzene rings is 4. The highest BCUT2D eigenvalue weighted by molar-refractivity contribution is 6.13. The number of carbonyl (C=O) groups excluding carboxylic acids is 1. The predicted octanol–water partition coefficient (Wildman–Crippen LogP) is 3.99. The van der Waals surface area contributed by atoms with Crippen LogP contribution in [-0.2, 0) is 0 Å². The number of amides is 1. The van der Waals surface area contributed by atoms with E-state index in [4.69, 9.17) is 0 Å². The normalized spacial score (nSPS) is 11.5. The predicted molar refractivity (Wildman–Crippen MR) is 119 cm³/mol. The molecule has 0 saturated heterocycles. The Balaban J connectivity index is 1.54. The van der Waals surface area contributed by atoms with Crippen LogP contribution >= 0.6 is 0 Å². The van der Waals surface area contributed by atoms with Gasteiger partial charge in [0.2, 0.25) is 0 Å². The van der Waals surface area contributed by atoms with E-state index in [1.54, 1.807) is 30.5 Å². The zero-order valence-electron chi connectivity index (χ0n) is 15.8. The summed E-state index contributed by atoms with van der Waals surface area (Å²) in [6.45, 7) is 0. The fourth-order valence-corrected chi connectivity index (χ4v) is 3.68. The minimum absolute atomic E-state index is 0.116. The third-order valence-corrected chi connectivity index (χ3v) is 5.08. The Morgan fingerprint density at radius 2 is 1.40 bits per heavy atom. The molecule has 4 aromatic carbocycles. The van der Waals surface area contributed by atoms with Gasteiger partial charge in [-0.25, -0.2) is 10.5 Å². The van der Waals surface area contributed by atoms with Gasteiger partial charge < -0.3 is 0 Å². The lowest BCUT2D eigenvalue weighted by molar-refractivity contribution is 0.0951. The first kappa shape index (κ1) is 17.8. The second-order valence-electron chi connectivity index (χ2n) is 6.88. The van der Waals surface area contributed by atoms with Gasteiger partial charge in [0.15, 0.2) is 5.69 Å². The number of hydrogen-bond acceptors (Lipinski definition) is 4. The monoisotopic (exact) mass is 392 g/mol. The molecule has 1 heterocycles. The van der Waals surface area contributed by atoms with Crippen LogP contribution in [0.1, 0.15) is 16.1 Å². The quantitative estimate of drug-likeness (QED) is 0.276. The zero-order valence-corrected chi connectivity index (χ0v) is 15.8. The van der Waals surface area contributed by atoms with Crippen molar-refractivity contribution in [3.8, 4) is 0 Å². The van der Waals surface area contributed by atoms with Crippen molar-refractivity contribution in [1.29, 1.82) is 0 Å². The third-order valence-electron chi connectivity index (χ3n) is 5.08. The van der Waals surface area contributed by atoms with Crippen LogP contribution in [0.15, 0.2) is 88.8 Å². The molecule has 0 aliphatic rings. The van der Waals surface area contributed by atoms with E-state index >= 15 is 0 Å². The van der Waals surface area contributed by atoms with Crippen molar-refractivity contribution in [3.63, 3.8) is 0 Å². The largest absolute Gasteiger partial charge is 0.292 e. The molecular weight excluding hydrogens is 376 g/mol. The molecule has 0 saturated carbocycles. The van der Waals surface area contributed by atoms with Crippen molar-refractivity contribution in [3.05, 3.63) is 100 Å².